The Bertz CT molecular complexity index is 1450. The van der Waals surface area contributed by atoms with Crippen molar-refractivity contribution in [1.29, 1.82) is 10.5 Å². The zero-order valence-electron chi connectivity index (χ0n) is 18.9. The van der Waals surface area contributed by atoms with E-state index in [0.29, 0.717) is 52.6 Å². The summed E-state index contributed by atoms with van der Waals surface area (Å²) in [6.07, 6.45) is 4.42. The van der Waals surface area contributed by atoms with E-state index in [0.717, 1.165) is 24.9 Å². The molecule has 3 aliphatic rings. The van der Waals surface area contributed by atoms with Crippen LogP contribution in [0.15, 0.2) is 18.3 Å². The van der Waals surface area contributed by atoms with Gasteiger partial charge in [0.1, 0.15) is 11.6 Å². The fourth-order valence-corrected chi connectivity index (χ4v) is 5.22. The zero-order valence-corrected chi connectivity index (χ0v) is 19.6. The topological polar surface area (TPSA) is 138 Å². The highest BCUT2D eigenvalue weighted by Crippen LogP contribution is 2.42. The third-order valence-corrected chi connectivity index (χ3v) is 7.18. The number of benzene rings is 1. The Balaban J connectivity index is 1.37. The molecule has 176 valence electrons. The van der Waals surface area contributed by atoms with E-state index in [2.05, 4.69) is 42.7 Å². The second kappa shape index (κ2) is 8.00. The largest absolute Gasteiger partial charge is 0.363 e. The molecule has 1 aliphatic carbocycles. The molecule has 3 fully saturated rings. The van der Waals surface area contributed by atoms with Crippen molar-refractivity contribution in [1.82, 2.24) is 24.5 Å². The van der Waals surface area contributed by atoms with E-state index in [1.807, 2.05) is 4.90 Å². The highest BCUT2D eigenvalue weighted by molar-refractivity contribution is 6.36. The first kappa shape index (κ1) is 21.4. The Kier molecular flexibility index (Phi) is 4.90. The maximum absolute atomic E-state index is 11.9. The number of carbonyl (C=O) groups excluding carboxylic acids is 1. The molecule has 2 bridgehead atoms. The minimum Gasteiger partial charge on any atom is -0.363 e. The number of hydrogen-bond acceptors (Lipinski definition) is 9. The Labute approximate surface area is 205 Å². The first-order valence-corrected chi connectivity index (χ1v) is 11.8. The number of carbonyl (C=O) groups is 1. The van der Waals surface area contributed by atoms with Crippen molar-refractivity contribution in [2.24, 2.45) is 0 Å². The fourth-order valence-electron chi connectivity index (χ4n) is 4.96. The minimum atomic E-state index is 0.0798. The number of piperazine rings is 1. The van der Waals surface area contributed by atoms with Crippen LogP contribution in [0.4, 0.5) is 23.3 Å². The third kappa shape index (κ3) is 3.65. The fraction of sp³-hybridized carbons (Fsp3) is 0.391. The van der Waals surface area contributed by atoms with Gasteiger partial charge in [0, 0.05) is 32.1 Å². The second-order valence-corrected chi connectivity index (χ2v) is 9.53. The van der Waals surface area contributed by atoms with Gasteiger partial charge in [-0.3, -0.25) is 4.79 Å². The van der Waals surface area contributed by atoms with Gasteiger partial charge in [0.25, 0.3) is 0 Å². The Morgan fingerprint density at radius 1 is 1.17 bits per heavy atom. The van der Waals surface area contributed by atoms with Crippen LogP contribution in [-0.2, 0) is 4.79 Å². The lowest BCUT2D eigenvalue weighted by Crippen LogP contribution is -2.48. The third-order valence-electron chi connectivity index (χ3n) is 6.78. The number of likely N-dealkylation sites (tertiary alicyclic amines) is 1. The molecule has 6 rings (SSSR count). The summed E-state index contributed by atoms with van der Waals surface area (Å²) >= 11 is 6.86. The summed E-state index contributed by atoms with van der Waals surface area (Å²) in [4.78, 5) is 25.1. The number of anilines is 4. The van der Waals surface area contributed by atoms with Crippen LogP contribution in [0.1, 0.15) is 37.3 Å². The summed E-state index contributed by atoms with van der Waals surface area (Å²) < 4.78 is 1.52. The summed E-state index contributed by atoms with van der Waals surface area (Å²) in [5, 5.41) is 30.3. The molecule has 4 heterocycles. The summed E-state index contributed by atoms with van der Waals surface area (Å²) in [6.45, 7) is 2.90. The van der Waals surface area contributed by atoms with Crippen molar-refractivity contribution in [3.8, 4) is 12.1 Å². The second-order valence-electron chi connectivity index (χ2n) is 9.16. The Morgan fingerprint density at radius 3 is 2.66 bits per heavy atom. The molecule has 11 nitrogen and oxygen atoms in total. The number of halogens is 1. The molecule has 2 saturated heterocycles. The van der Waals surface area contributed by atoms with E-state index in [1.54, 1.807) is 19.1 Å². The van der Waals surface area contributed by atoms with E-state index >= 15 is 0 Å². The van der Waals surface area contributed by atoms with Crippen molar-refractivity contribution >= 4 is 46.4 Å². The van der Waals surface area contributed by atoms with Crippen LogP contribution in [0, 0.1) is 22.7 Å². The van der Waals surface area contributed by atoms with E-state index in [9.17, 15) is 15.3 Å². The average molecular weight is 489 g/mol. The molecular weight excluding hydrogens is 468 g/mol. The molecular formula is C23H21ClN10O. The number of fused-ring (bicyclic) bond motifs is 3. The number of aromatic nitrogens is 4. The van der Waals surface area contributed by atoms with Gasteiger partial charge in [-0.25, -0.2) is 0 Å². The maximum atomic E-state index is 11.9. The van der Waals surface area contributed by atoms with Crippen LogP contribution in [0.25, 0.3) is 5.65 Å². The number of nitrogens with zero attached hydrogens (tertiary/aromatic N) is 8. The van der Waals surface area contributed by atoms with Gasteiger partial charge in [-0.15, -0.1) is 0 Å². The first-order chi connectivity index (χ1) is 16.9. The van der Waals surface area contributed by atoms with Crippen LogP contribution in [-0.4, -0.2) is 61.6 Å². The molecule has 2 aromatic heterocycles. The zero-order chi connectivity index (χ0) is 24.3. The number of hydrogen-bond donors (Lipinski definition) is 2. The van der Waals surface area contributed by atoms with Crippen molar-refractivity contribution in [3.05, 3.63) is 34.5 Å². The van der Waals surface area contributed by atoms with E-state index in [4.69, 9.17) is 11.6 Å². The normalized spacial score (nSPS) is 20.7. The predicted molar refractivity (Wildman–Crippen MR) is 129 cm³/mol. The van der Waals surface area contributed by atoms with E-state index in [-0.39, 0.29) is 23.9 Å². The molecule has 0 spiro atoms. The quantitative estimate of drug-likeness (QED) is 0.554. The molecule has 2 aliphatic heterocycles. The first-order valence-electron chi connectivity index (χ1n) is 11.4. The van der Waals surface area contributed by atoms with Gasteiger partial charge < -0.3 is 20.4 Å². The lowest BCUT2D eigenvalue weighted by molar-refractivity contribution is -0.129. The number of nitriles is 2. The standard InChI is InChI=1S/C23H21ClN10O/c1-12(35)32-10-17-6-16(32)11-33(17)19-5-13(7-25)4-18(20(19)24)29-22-30-21-14(8-26)9-27-34(21)23(31-22)28-15-2-3-15/h4-5,9,15-17H,2-3,6,10-11H2,1H3,(H2,28,29,30,31)/t16-,17-/m0/s1. The van der Waals surface area contributed by atoms with Crippen molar-refractivity contribution < 1.29 is 4.79 Å². The summed E-state index contributed by atoms with van der Waals surface area (Å²) in [7, 11) is 0. The summed E-state index contributed by atoms with van der Waals surface area (Å²) in [5.41, 5.74) is 2.38. The van der Waals surface area contributed by atoms with Gasteiger partial charge in [0.15, 0.2) is 5.65 Å². The SMILES string of the molecule is CC(=O)N1C[C@@H]2C[C@H]1CN2c1cc(C#N)cc(Nc2nc(NC3CC3)n3ncc(C#N)c3n2)c1Cl. The summed E-state index contributed by atoms with van der Waals surface area (Å²) in [6, 6.07) is 8.35. The predicted octanol–water partition coefficient (Wildman–Crippen LogP) is 2.65. The van der Waals surface area contributed by atoms with Crippen LogP contribution < -0.4 is 15.5 Å². The molecule has 35 heavy (non-hydrogen) atoms. The lowest BCUT2D eigenvalue weighted by atomic mass is 10.1. The maximum Gasteiger partial charge on any atom is 0.232 e. The lowest BCUT2D eigenvalue weighted by Gasteiger charge is -2.36. The van der Waals surface area contributed by atoms with E-state index < -0.39 is 0 Å². The molecule has 1 saturated carbocycles. The summed E-state index contributed by atoms with van der Waals surface area (Å²) in [5.74, 6) is 0.804. The Morgan fingerprint density at radius 2 is 2.00 bits per heavy atom. The van der Waals surface area contributed by atoms with Crippen molar-refractivity contribution in [3.63, 3.8) is 0 Å². The van der Waals surface area contributed by atoms with Gasteiger partial charge in [-0.05, 0) is 31.4 Å². The highest BCUT2D eigenvalue weighted by Gasteiger charge is 2.45. The Hall–Kier alpha value is -4.09. The number of rotatable bonds is 5. The smallest absolute Gasteiger partial charge is 0.232 e. The van der Waals surface area contributed by atoms with Crippen LogP contribution in [0.3, 0.4) is 0 Å². The van der Waals surface area contributed by atoms with Crippen molar-refractivity contribution in [2.75, 3.05) is 28.6 Å². The minimum absolute atomic E-state index is 0.0798. The van der Waals surface area contributed by atoms with Gasteiger partial charge >= 0.3 is 0 Å². The van der Waals surface area contributed by atoms with Gasteiger partial charge in [0.2, 0.25) is 17.8 Å². The average Bonchev–Trinajstić information content (AvgIpc) is 3.25. The van der Waals surface area contributed by atoms with Crippen LogP contribution >= 0.6 is 11.6 Å². The van der Waals surface area contributed by atoms with Gasteiger partial charge in [-0.1, -0.05) is 11.6 Å². The number of nitrogens with one attached hydrogen (secondary N) is 2. The van der Waals surface area contributed by atoms with Gasteiger partial charge in [0.05, 0.1) is 40.3 Å². The molecule has 0 unspecified atom stereocenters. The molecule has 2 N–H and O–H groups in total. The van der Waals surface area contributed by atoms with E-state index in [1.165, 1.54) is 10.7 Å². The van der Waals surface area contributed by atoms with Gasteiger partial charge in [-0.2, -0.15) is 30.1 Å². The highest BCUT2D eigenvalue weighted by atomic mass is 35.5. The molecule has 1 aromatic carbocycles. The molecule has 0 radical (unpaired) electrons. The van der Waals surface area contributed by atoms with Crippen LogP contribution in [0.2, 0.25) is 5.02 Å². The molecule has 1 amide bonds. The van der Waals surface area contributed by atoms with Crippen LogP contribution in [0.5, 0.6) is 0 Å². The molecule has 2 atom stereocenters. The molecule has 12 heteroatoms. The monoisotopic (exact) mass is 488 g/mol. The van der Waals surface area contributed by atoms with Crippen molar-refractivity contribution in [2.45, 2.75) is 44.3 Å². The molecule has 3 aromatic rings. The number of amides is 1.